The molecule has 4 aromatic rings. The van der Waals surface area contributed by atoms with Gasteiger partial charge in [-0.1, -0.05) is 108 Å². The van der Waals surface area contributed by atoms with Crippen molar-refractivity contribution >= 4 is 0 Å². The Bertz CT molecular complexity index is 1000. The zero-order chi connectivity index (χ0) is 17.9. The van der Waals surface area contributed by atoms with Gasteiger partial charge in [-0.15, -0.1) is 0 Å². The fraction of sp³-hybridized carbons (Fsp3) is 0.0769. The summed E-state index contributed by atoms with van der Waals surface area (Å²) in [6.45, 7) is 4.24. The highest BCUT2D eigenvalue weighted by atomic mass is 14.1. The Labute approximate surface area is 155 Å². The van der Waals surface area contributed by atoms with Crippen molar-refractivity contribution in [1.29, 1.82) is 0 Å². The lowest BCUT2D eigenvalue weighted by Gasteiger charge is -2.11. The van der Waals surface area contributed by atoms with Crippen molar-refractivity contribution in [2.75, 3.05) is 0 Å². The van der Waals surface area contributed by atoms with E-state index in [1.807, 2.05) is 0 Å². The Hall–Kier alpha value is -3.12. The van der Waals surface area contributed by atoms with Gasteiger partial charge in [0.1, 0.15) is 0 Å². The molecule has 4 aromatic carbocycles. The highest BCUT2D eigenvalue weighted by Crippen LogP contribution is 2.33. The first-order chi connectivity index (χ1) is 12.7. The van der Waals surface area contributed by atoms with Crippen molar-refractivity contribution in [3.05, 3.63) is 108 Å². The molecule has 0 saturated heterocycles. The molecular formula is C26H22. The summed E-state index contributed by atoms with van der Waals surface area (Å²) in [7, 11) is 0. The Balaban J connectivity index is 1.72. The highest BCUT2D eigenvalue weighted by molar-refractivity contribution is 5.84. The van der Waals surface area contributed by atoms with E-state index in [9.17, 15) is 0 Å². The van der Waals surface area contributed by atoms with Crippen LogP contribution in [0.3, 0.4) is 0 Å². The van der Waals surface area contributed by atoms with Gasteiger partial charge in [0.05, 0.1) is 0 Å². The SMILES string of the molecule is Cc1ccc(-c2ccc(-c3ccccc3-c3ccc(C)cc3)cc2)cc1. The van der Waals surface area contributed by atoms with Crippen LogP contribution in [-0.2, 0) is 0 Å². The van der Waals surface area contributed by atoms with Crippen molar-refractivity contribution < 1.29 is 0 Å². The highest BCUT2D eigenvalue weighted by Gasteiger charge is 2.07. The van der Waals surface area contributed by atoms with Crippen LogP contribution in [0, 0.1) is 13.8 Å². The first-order valence-corrected chi connectivity index (χ1v) is 9.04. The van der Waals surface area contributed by atoms with Crippen LogP contribution in [0.5, 0.6) is 0 Å². The summed E-state index contributed by atoms with van der Waals surface area (Å²) in [6, 6.07) is 35.0. The fourth-order valence-corrected chi connectivity index (χ4v) is 3.31. The molecule has 0 nitrogen and oxygen atoms in total. The zero-order valence-electron chi connectivity index (χ0n) is 15.2. The van der Waals surface area contributed by atoms with Gasteiger partial charge in [0.2, 0.25) is 0 Å². The molecule has 0 spiro atoms. The molecule has 0 aliphatic carbocycles. The largest absolute Gasteiger partial charge is 0.0616 e. The van der Waals surface area contributed by atoms with Crippen LogP contribution in [0.4, 0.5) is 0 Å². The smallest absolute Gasteiger partial charge is 0.0105 e. The quantitative estimate of drug-likeness (QED) is 0.368. The molecule has 0 aliphatic heterocycles. The van der Waals surface area contributed by atoms with Gasteiger partial charge in [0.15, 0.2) is 0 Å². The van der Waals surface area contributed by atoms with Gasteiger partial charge in [0.25, 0.3) is 0 Å². The molecule has 0 radical (unpaired) electrons. The molecular weight excluding hydrogens is 312 g/mol. The van der Waals surface area contributed by atoms with E-state index in [4.69, 9.17) is 0 Å². The number of aryl methyl sites for hydroxylation is 2. The van der Waals surface area contributed by atoms with Crippen LogP contribution in [-0.4, -0.2) is 0 Å². The molecule has 0 atom stereocenters. The second kappa shape index (κ2) is 7.01. The van der Waals surface area contributed by atoms with Gasteiger partial charge in [-0.25, -0.2) is 0 Å². The maximum atomic E-state index is 2.22. The summed E-state index contributed by atoms with van der Waals surface area (Å²) < 4.78 is 0. The fourth-order valence-electron chi connectivity index (χ4n) is 3.31. The van der Waals surface area contributed by atoms with Gasteiger partial charge in [-0.05, 0) is 47.2 Å². The Morgan fingerprint density at radius 2 is 0.654 bits per heavy atom. The maximum absolute atomic E-state index is 2.22. The van der Waals surface area contributed by atoms with E-state index in [-0.39, 0.29) is 0 Å². The van der Waals surface area contributed by atoms with E-state index < -0.39 is 0 Å². The van der Waals surface area contributed by atoms with Crippen molar-refractivity contribution in [3.63, 3.8) is 0 Å². The van der Waals surface area contributed by atoms with Crippen molar-refractivity contribution in [3.8, 4) is 33.4 Å². The average Bonchev–Trinajstić information content (AvgIpc) is 2.69. The molecule has 0 heterocycles. The second-order valence-electron chi connectivity index (χ2n) is 6.85. The summed E-state index contributed by atoms with van der Waals surface area (Å²) in [6.07, 6.45) is 0. The summed E-state index contributed by atoms with van der Waals surface area (Å²) >= 11 is 0. The topological polar surface area (TPSA) is 0 Å². The molecule has 26 heavy (non-hydrogen) atoms. The average molecular weight is 334 g/mol. The third-order valence-electron chi connectivity index (χ3n) is 4.87. The normalized spacial score (nSPS) is 10.7. The number of hydrogen-bond donors (Lipinski definition) is 0. The van der Waals surface area contributed by atoms with E-state index in [0.717, 1.165) is 0 Å². The third kappa shape index (κ3) is 3.32. The molecule has 126 valence electrons. The lowest BCUT2D eigenvalue weighted by molar-refractivity contribution is 1.46. The molecule has 0 bridgehead atoms. The van der Waals surface area contributed by atoms with E-state index in [1.165, 1.54) is 44.5 Å². The van der Waals surface area contributed by atoms with E-state index >= 15 is 0 Å². The van der Waals surface area contributed by atoms with Crippen LogP contribution in [0.1, 0.15) is 11.1 Å². The minimum atomic E-state index is 1.25. The van der Waals surface area contributed by atoms with Gasteiger partial charge >= 0.3 is 0 Å². The van der Waals surface area contributed by atoms with Crippen molar-refractivity contribution in [2.24, 2.45) is 0 Å². The summed E-state index contributed by atoms with van der Waals surface area (Å²) in [5.41, 5.74) is 10.1. The molecule has 4 rings (SSSR count). The van der Waals surface area contributed by atoms with Crippen LogP contribution in [0.15, 0.2) is 97.1 Å². The van der Waals surface area contributed by atoms with Crippen molar-refractivity contribution in [1.82, 2.24) is 0 Å². The Morgan fingerprint density at radius 1 is 0.346 bits per heavy atom. The summed E-state index contributed by atoms with van der Waals surface area (Å²) in [5, 5.41) is 0. The first-order valence-electron chi connectivity index (χ1n) is 9.04. The monoisotopic (exact) mass is 334 g/mol. The maximum Gasteiger partial charge on any atom is -0.0105 e. The van der Waals surface area contributed by atoms with Gasteiger partial charge in [-0.2, -0.15) is 0 Å². The Morgan fingerprint density at radius 3 is 1.08 bits per heavy atom. The molecule has 0 amide bonds. The molecule has 0 saturated carbocycles. The second-order valence-corrected chi connectivity index (χ2v) is 6.85. The van der Waals surface area contributed by atoms with Crippen molar-refractivity contribution in [2.45, 2.75) is 13.8 Å². The zero-order valence-corrected chi connectivity index (χ0v) is 15.2. The standard InChI is InChI=1S/C26H22/c1-19-7-11-21(12-8-19)22-15-17-24(18-16-22)26-6-4-3-5-25(26)23-13-9-20(2)10-14-23/h3-18H,1-2H3. The number of hydrogen-bond acceptors (Lipinski definition) is 0. The van der Waals surface area contributed by atoms with Gasteiger partial charge in [0, 0.05) is 0 Å². The van der Waals surface area contributed by atoms with Gasteiger partial charge in [-0.3, -0.25) is 0 Å². The minimum Gasteiger partial charge on any atom is -0.0616 e. The molecule has 0 fully saturated rings. The third-order valence-corrected chi connectivity index (χ3v) is 4.87. The van der Waals surface area contributed by atoms with Crippen LogP contribution >= 0.6 is 0 Å². The van der Waals surface area contributed by atoms with Gasteiger partial charge < -0.3 is 0 Å². The van der Waals surface area contributed by atoms with E-state index in [1.54, 1.807) is 0 Å². The lowest BCUT2D eigenvalue weighted by atomic mass is 9.93. The predicted molar refractivity (Wildman–Crippen MR) is 112 cm³/mol. The first kappa shape index (κ1) is 16.4. The molecule has 0 unspecified atom stereocenters. The lowest BCUT2D eigenvalue weighted by Crippen LogP contribution is -1.86. The molecule has 0 aromatic heterocycles. The molecule has 0 aliphatic rings. The minimum absolute atomic E-state index is 1.25. The summed E-state index contributed by atoms with van der Waals surface area (Å²) in [5.74, 6) is 0. The summed E-state index contributed by atoms with van der Waals surface area (Å²) in [4.78, 5) is 0. The molecule has 0 N–H and O–H groups in total. The number of rotatable bonds is 3. The molecule has 0 heteroatoms. The van der Waals surface area contributed by atoms with E-state index in [0.29, 0.717) is 0 Å². The predicted octanol–water partition coefficient (Wildman–Crippen LogP) is 7.30. The number of benzene rings is 4. The van der Waals surface area contributed by atoms with Crippen LogP contribution < -0.4 is 0 Å². The van der Waals surface area contributed by atoms with Crippen LogP contribution in [0.2, 0.25) is 0 Å². The Kier molecular flexibility index (Phi) is 4.41. The van der Waals surface area contributed by atoms with E-state index in [2.05, 4.69) is 111 Å². The van der Waals surface area contributed by atoms with Crippen LogP contribution in [0.25, 0.3) is 33.4 Å².